The molecule has 1 heterocycles. The van der Waals surface area contributed by atoms with E-state index in [2.05, 4.69) is 30.2 Å². The van der Waals surface area contributed by atoms with Gasteiger partial charge >= 0.3 is 0 Å². The van der Waals surface area contributed by atoms with E-state index in [1.165, 1.54) is 16.7 Å². The molecule has 1 saturated carbocycles. The summed E-state index contributed by atoms with van der Waals surface area (Å²) in [6.45, 7) is 2.58. The van der Waals surface area contributed by atoms with Crippen LogP contribution in [0.1, 0.15) is 60.5 Å². The minimum absolute atomic E-state index is 0.116. The minimum atomic E-state index is -0.116. The number of rotatable bonds is 6. The van der Waals surface area contributed by atoms with Gasteiger partial charge in [0.2, 0.25) is 0 Å². The molecule has 3 aromatic carbocycles. The van der Waals surface area contributed by atoms with Crippen LogP contribution in [0.3, 0.4) is 0 Å². The average Bonchev–Trinajstić information content (AvgIpc) is 2.88. The van der Waals surface area contributed by atoms with Crippen LogP contribution in [0.2, 0.25) is 0 Å². The molecule has 34 heavy (non-hydrogen) atoms. The topological polar surface area (TPSA) is 56.5 Å². The highest BCUT2D eigenvalue weighted by Crippen LogP contribution is 2.31. The predicted molar refractivity (Wildman–Crippen MR) is 137 cm³/mol. The van der Waals surface area contributed by atoms with Crippen molar-refractivity contribution in [1.29, 1.82) is 0 Å². The van der Waals surface area contributed by atoms with E-state index >= 15 is 0 Å². The number of ether oxygens (including phenoxy) is 1. The smallest absolute Gasteiger partial charge is 0.282 e. The lowest BCUT2D eigenvalue weighted by Gasteiger charge is -2.22. The van der Waals surface area contributed by atoms with Gasteiger partial charge in [-0.15, -0.1) is 0 Å². The van der Waals surface area contributed by atoms with Gasteiger partial charge in [0.1, 0.15) is 18.2 Å². The van der Waals surface area contributed by atoms with Gasteiger partial charge in [-0.05, 0) is 55.2 Å². The quantitative estimate of drug-likeness (QED) is 0.327. The molecule has 4 aromatic rings. The third-order valence-electron chi connectivity index (χ3n) is 6.42. The number of aromatic nitrogens is 2. The van der Waals surface area contributed by atoms with Crippen LogP contribution in [0.4, 0.5) is 0 Å². The molecule has 0 unspecified atom stereocenters. The first-order chi connectivity index (χ1) is 16.7. The van der Waals surface area contributed by atoms with E-state index in [1.807, 2.05) is 54.6 Å². The maximum atomic E-state index is 13.4. The lowest BCUT2D eigenvalue weighted by Crippen LogP contribution is -2.25. The maximum absolute atomic E-state index is 13.4. The van der Waals surface area contributed by atoms with E-state index in [9.17, 15) is 4.79 Å². The van der Waals surface area contributed by atoms with Gasteiger partial charge in [0.25, 0.3) is 5.56 Å². The van der Waals surface area contributed by atoms with E-state index in [0.717, 1.165) is 53.9 Å². The van der Waals surface area contributed by atoms with E-state index < -0.39 is 0 Å². The molecule has 0 aliphatic heterocycles. The molecule has 1 aromatic heterocycles. The highest BCUT2D eigenvalue weighted by Gasteiger charge is 2.22. The number of nitrogens with zero attached hydrogens (tertiary/aromatic N) is 3. The molecule has 0 radical (unpaired) electrons. The van der Waals surface area contributed by atoms with Gasteiger partial charge in [0, 0.05) is 5.92 Å². The number of fused-ring (bicyclic) bond motifs is 1. The second kappa shape index (κ2) is 10.0. The number of benzene rings is 3. The molecule has 0 atom stereocenters. The Kier molecular flexibility index (Phi) is 6.52. The Morgan fingerprint density at radius 3 is 2.68 bits per heavy atom. The van der Waals surface area contributed by atoms with Crippen LogP contribution in [-0.4, -0.2) is 15.9 Å². The van der Waals surface area contributed by atoms with Gasteiger partial charge in [0.15, 0.2) is 0 Å². The van der Waals surface area contributed by atoms with Gasteiger partial charge in [-0.1, -0.05) is 73.4 Å². The van der Waals surface area contributed by atoms with Crippen LogP contribution in [0.5, 0.6) is 5.75 Å². The summed E-state index contributed by atoms with van der Waals surface area (Å²) in [5.41, 5.74) is 3.84. The fourth-order valence-electron chi connectivity index (χ4n) is 4.66. The minimum Gasteiger partial charge on any atom is -0.489 e. The van der Waals surface area contributed by atoms with Crippen molar-refractivity contribution in [3.05, 3.63) is 106 Å². The van der Waals surface area contributed by atoms with Crippen molar-refractivity contribution in [2.45, 2.75) is 51.6 Å². The second-order valence-electron chi connectivity index (χ2n) is 9.03. The van der Waals surface area contributed by atoms with Crippen molar-refractivity contribution in [2.24, 2.45) is 5.10 Å². The number of para-hydroxylation sites is 1. The molecule has 5 heteroatoms. The van der Waals surface area contributed by atoms with Gasteiger partial charge in [0.05, 0.1) is 17.1 Å². The molecule has 0 bridgehead atoms. The number of hydrogen-bond acceptors (Lipinski definition) is 4. The Hall–Kier alpha value is -3.73. The zero-order valence-corrected chi connectivity index (χ0v) is 19.5. The van der Waals surface area contributed by atoms with E-state index in [4.69, 9.17) is 9.72 Å². The summed E-state index contributed by atoms with van der Waals surface area (Å²) in [7, 11) is 0. The Bertz CT molecular complexity index is 1380. The highest BCUT2D eigenvalue weighted by molar-refractivity contribution is 5.81. The van der Waals surface area contributed by atoms with Gasteiger partial charge in [-0.3, -0.25) is 4.79 Å². The van der Waals surface area contributed by atoms with Crippen molar-refractivity contribution in [3.8, 4) is 5.75 Å². The van der Waals surface area contributed by atoms with Crippen molar-refractivity contribution in [2.75, 3.05) is 0 Å². The molecule has 0 saturated heterocycles. The Labute approximate surface area is 199 Å². The number of aryl methyl sites for hydroxylation is 1. The lowest BCUT2D eigenvalue weighted by molar-refractivity contribution is 0.306. The van der Waals surface area contributed by atoms with E-state index in [0.29, 0.717) is 12.0 Å². The van der Waals surface area contributed by atoms with Crippen LogP contribution in [-0.2, 0) is 6.61 Å². The largest absolute Gasteiger partial charge is 0.489 e. The summed E-state index contributed by atoms with van der Waals surface area (Å²) in [5, 5.41) is 5.23. The lowest BCUT2D eigenvalue weighted by atomic mass is 9.88. The van der Waals surface area contributed by atoms with Gasteiger partial charge in [-0.25, -0.2) is 4.98 Å². The third-order valence-corrected chi connectivity index (χ3v) is 6.42. The monoisotopic (exact) mass is 451 g/mol. The van der Waals surface area contributed by atoms with Crippen molar-refractivity contribution < 1.29 is 4.74 Å². The molecule has 0 amide bonds. The van der Waals surface area contributed by atoms with Crippen LogP contribution in [0, 0.1) is 6.92 Å². The zero-order chi connectivity index (χ0) is 23.3. The molecule has 0 N–H and O–H groups in total. The highest BCUT2D eigenvalue weighted by atomic mass is 16.5. The van der Waals surface area contributed by atoms with Crippen LogP contribution in [0.15, 0.2) is 82.7 Å². The fourth-order valence-corrected chi connectivity index (χ4v) is 4.66. The SMILES string of the molecule is Cc1cccc(COc2cccc(C=Nn3c(C4CCCCC4)nc4ccccc4c3=O)c2)c1. The number of hydrogen-bond donors (Lipinski definition) is 0. The molecule has 0 spiro atoms. The van der Waals surface area contributed by atoms with Crippen molar-refractivity contribution >= 4 is 17.1 Å². The van der Waals surface area contributed by atoms with Gasteiger partial charge < -0.3 is 4.74 Å². The summed E-state index contributed by atoms with van der Waals surface area (Å²) < 4.78 is 7.51. The molecule has 5 rings (SSSR count). The zero-order valence-electron chi connectivity index (χ0n) is 19.5. The molecule has 1 aliphatic rings. The van der Waals surface area contributed by atoms with E-state index in [1.54, 1.807) is 6.21 Å². The summed E-state index contributed by atoms with van der Waals surface area (Å²) >= 11 is 0. The molecule has 1 fully saturated rings. The molecule has 5 nitrogen and oxygen atoms in total. The first kappa shape index (κ1) is 22.1. The standard InChI is InChI=1S/C29H29N3O2/c1-21-9-7-11-23(17-21)20-34-25-14-8-10-22(18-25)19-30-32-28(24-12-3-2-4-13-24)31-27-16-6-5-15-26(27)29(32)33/h5-11,14-19,24H,2-4,12-13,20H2,1H3. The normalized spacial score (nSPS) is 14.6. The summed E-state index contributed by atoms with van der Waals surface area (Å²) in [6, 6.07) is 23.6. The first-order valence-corrected chi connectivity index (χ1v) is 12.0. The Balaban J connectivity index is 1.44. The molecular formula is C29H29N3O2. The first-order valence-electron chi connectivity index (χ1n) is 12.0. The van der Waals surface area contributed by atoms with Crippen molar-refractivity contribution in [1.82, 2.24) is 9.66 Å². The van der Waals surface area contributed by atoms with E-state index in [-0.39, 0.29) is 11.5 Å². The van der Waals surface area contributed by atoms with Crippen LogP contribution < -0.4 is 10.3 Å². The van der Waals surface area contributed by atoms with Gasteiger partial charge in [-0.2, -0.15) is 9.78 Å². The fraction of sp³-hybridized carbons (Fsp3) is 0.276. The summed E-state index contributed by atoms with van der Waals surface area (Å²) in [5.74, 6) is 1.79. The van der Waals surface area contributed by atoms with Crippen molar-refractivity contribution in [3.63, 3.8) is 0 Å². The second-order valence-corrected chi connectivity index (χ2v) is 9.03. The Morgan fingerprint density at radius 2 is 1.82 bits per heavy atom. The van der Waals surface area contributed by atoms with Crippen LogP contribution in [0.25, 0.3) is 10.9 Å². The molecule has 172 valence electrons. The Morgan fingerprint density at radius 1 is 1.00 bits per heavy atom. The maximum Gasteiger partial charge on any atom is 0.282 e. The average molecular weight is 452 g/mol. The molecular weight excluding hydrogens is 422 g/mol. The third kappa shape index (κ3) is 4.93. The summed E-state index contributed by atoms with van der Waals surface area (Å²) in [4.78, 5) is 18.2. The predicted octanol–water partition coefficient (Wildman–Crippen LogP) is 6.21. The van der Waals surface area contributed by atoms with Crippen LogP contribution >= 0.6 is 0 Å². The molecule has 1 aliphatic carbocycles. The summed E-state index contributed by atoms with van der Waals surface area (Å²) in [6.07, 6.45) is 7.39.